The minimum absolute atomic E-state index is 0.0154. The van der Waals surface area contributed by atoms with Crippen molar-refractivity contribution >= 4 is 21.9 Å². The van der Waals surface area contributed by atoms with Gasteiger partial charge in [-0.05, 0) is 36.8 Å². The maximum atomic E-state index is 12.0. The lowest BCUT2D eigenvalue weighted by Crippen LogP contribution is -2.11. The van der Waals surface area contributed by atoms with Crippen molar-refractivity contribution in [2.75, 3.05) is 0 Å². The molecule has 0 saturated heterocycles. The van der Waals surface area contributed by atoms with E-state index in [1.807, 2.05) is 31.3 Å². The van der Waals surface area contributed by atoms with Crippen LogP contribution >= 0.6 is 0 Å². The molecule has 2 N–H and O–H groups in total. The van der Waals surface area contributed by atoms with E-state index in [0.717, 1.165) is 33.4 Å². The Bertz CT molecular complexity index is 1040. The van der Waals surface area contributed by atoms with Gasteiger partial charge in [-0.1, -0.05) is 6.07 Å². The lowest BCUT2D eigenvalue weighted by molar-refractivity contribution is 0.751. The van der Waals surface area contributed by atoms with Gasteiger partial charge in [0.25, 0.3) is 5.56 Å². The van der Waals surface area contributed by atoms with Crippen molar-refractivity contribution in [1.29, 1.82) is 0 Å². The van der Waals surface area contributed by atoms with Crippen LogP contribution in [0.25, 0.3) is 33.1 Å². The first kappa shape index (κ1) is 12.0. The normalized spacial score (nSPS) is 11.5. The van der Waals surface area contributed by atoms with Crippen LogP contribution in [-0.4, -0.2) is 19.7 Å². The van der Waals surface area contributed by atoms with E-state index >= 15 is 0 Å². The van der Waals surface area contributed by atoms with Crippen molar-refractivity contribution in [2.45, 2.75) is 6.92 Å². The van der Waals surface area contributed by atoms with Gasteiger partial charge in [-0.15, -0.1) is 0 Å². The van der Waals surface area contributed by atoms with Crippen LogP contribution in [0.15, 0.2) is 41.3 Å². The Morgan fingerprint density at radius 1 is 1.14 bits per heavy atom. The van der Waals surface area contributed by atoms with Crippen molar-refractivity contribution in [3.63, 3.8) is 0 Å². The second-order valence-corrected chi connectivity index (χ2v) is 5.35. The van der Waals surface area contributed by atoms with Crippen LogP contribution in [0, 0.1) is 6.92 Å². The molecule has 0 amide bonds. The van der Waals surface area contributed by atoms with Crippen molar-refractivity contribution in [3.05, 3.63) is 52.6 Å². The van der Waals surface area contributed by atoms with E-state index in [2.05, 4.69) is 27.2 Å². The molecule has 4 rings (SSSR count). The van der Waals surface area contributed by atoms with Crippen LogP contribution in [0.5, 0.6) is 0 Å². The Kier molecular flexibility index (Phi) is 2.33. The summed E-state index contributed by atoms with van der Waals surface area (Å²) < 4.78 is 1.49. The molecule has 1 aromatic carbocycles. The molecule has 3 aromatic heterocycles. The predicted molar refractivity (Wildman–Crippen MR) is 83.4 cm³/mol. The van der Waals surface area contributed by atoms with E-state index in [1.165, 1.54) is 4.68 Å². The smallest absolute Gasteiger partial charge is 0.274 e. The van der Waals surface area contributed by atoms with Gasteiger partial charge in [0.15, 0.2) is 0 Å². The molecule has 21 heavy (non-hydrogen) atoms. The molecule has 0 aliphatic heterocycles. The average molecular weight is 278 g/mol. The summed E-state index contributed by atoms with van der Waals surface area (Å²) in [4.78, 5) is 19.7. The zero-order valence-corrected chi connectivity index (χ0v) is 11.8. The minimum atomic E-state index is -0.0154. The number of nitrogens with one attached hydrogen (secondary N) is 2. The van der Waals surface area contributed by atoms with Gasteiger partial charge in [0.1, 0.15) is 5.65 Å². The maximum Gasteiger partial charge on any atom is 0.274 e. The third-order valence-electron chi connectivity index (χ3n) is 3.78. The highest BCUT2D eigenvalue weighted by molar-refractivity contribution is 5.87. The Morgan fingerprint density at radius 3 is 2.86 bits per heavy atom. The van der Waals surface area contributed by atoms with E-state index in [0.29, 0.717) is 5.39 Å². The predicted octanol–water partition coefficient (Wildman–Crippen LogP) is 2.72. The molecule has 0 radical (unpaired) electrons. The number of fused-ring (bicyclic) bond motifs is 2. The van der Waals surface area contributed by atoms with E-state index in [-0.39, 0.29) is 5.56 Å². The molecule has 0 spiro atoms. The number of nitrogens with zero attached hydrogens (tertiary/aromatic N) is 2. The molecule has 0 atom stereocenters. The van der Waals surface area contributed by atoms with Gasteiger partial charge >= 0.3 is 0 Å². The monoisotopic (exact) mass is 278 g/mol. The van der Waals surface area contributed by atoms with E-state index < -0.39 is 0 Å². The van der Waals surface area contributed by atoms with Crippen LogP contribution in [-0.2, 0) is 7.05 Å². The average Bonchev–Trinajstić information content (AvgIpc) is 2.98. The fourth-order valence-corrected chi connectivity index (χ4v) is 2.72. The number of hydrogen-bond donors (Lipinski definition) is 2. The molecule has 4 aromatic rings. The lowest BCUT2D eigenvalue weighted by Gasteiger charge is -2.01. The van der Waals surface area contributed by atoms with E-state index in [1.54, 1.807) is 7.05 Å². The molecular weight excluding hydrogens is 264 g/mol. The van der Waals surface area contributed by atoms with Crippen molar-refractivity contribution in [1.82, 2.24) is 19.7 Å². The SMILES string of the molecule is Cc1cc2cc(-c3ccc4[nH]n(C)c(=O)c4c3)cnc2[nH]1. The van der Waals surface area contributed by atoms with Crippen LogP contribution in [0.3, 0.4) is 0 Å². The van der Waals surface area contributed by atoms with Crippen molar-refractivity contribution in [2.24, 2.45) is 7.05 Å². The first-order chi connectivity index (χ1) is 10.1. The summed E-state index contributed by atoms with van der Waals surface area (Å²) in [6.45, 7) is 2.01. The summed E-state index contributed by atoms with van der Waals surface area (Å²) in [6, 6.07) is 10.00. The molecule has 0 saturated carbocycles. The van der Waals surface area contributed by atoms with Gasteiger partial charge in [0, 0.05) is 29.9 Å². The number of benzene rings is 1. The molecule has 0 fully saturated rings. The van der Waals surface area contributed by atoms with Crippen LogP contribution < -0.4 is 5.56 Å². The summed E-state index contributed by atoms with van der Waals surface area (Å²) >= 11 is 0. The fourth-order valence-electron chi connectivity index (χ4n) is 2.72. The van der Waals surface area contributed by atoms with Crippen LogP contribution in [0.2, 0.25) is 0 Å². The summed E-state index contributed by atoms with van der Waals surface area (Å²) in [7, 11) is 1.72. The van der Waals surface area contributed by atoms with Gasteiger partial charge in [0.05, 0.1) is 10.9 Å². The van der Waals surface area contributed by atoms with E-state index in [4.69, 9.17) is 0 Å². The molecule has 0 aliphatic carbocycles. The number of rotatable bonds is 1. The van der Waals surface area contributed by atoms with Gasteiger partial charge in [-0.3, -0.25) is 14.6 Å². The van der Waals surface area contributed by atoms with Gasteiger partial charge in [-0.25, -0.2) is 4.98 Å². The molecule has 3 heterocycles. The number of H-pyrrole nitrogens is 2. The molecule has 104 valence electrons. The summed E-state index contributed by atoms with van der Waals surface area (Å²) in [6.07, 6.45) is 1.83. The van der Waals surface area contributed by atoms with E-state index in [9.17, 15) is 4.79 Å². The summed E-state index contributed by atoms with van der Waals surface area (Å²) in [5.74, 6) is 0. The first-order valence-corrected chi connectivity index (χ1v) is 6.76. The highest BCUT2D eigenvalue weighted by Gasteiger charge is 2.07. The molecule has 0 bridgehead atoms. The van der Waals surface area contributed by atoms with Gasteiger partial charge in [0.2, 0.25) is 0 Å². The van der Waals surface area contributed by atoms with Crippen LogP contribution in [0.4, 0.5) is 0 Å². The lowest BCUT2D eigenvalue weighted by atomic mass is 10.1. The summed E-state index contributed by atoms with van der Waals surface area (Å²) in [5.41, 5.74) is 4.80. The zero-order valence-electron chi connectivity index (χ0n) is 11.8. The van der Waals surface area contributed by atoms with Crippen LogP contribution in [0.1, 0.15) is 5.69 Å². The minimum Gasteiger partial charge on any atom is -0.344 e. The number of aromatic nitrogens is 4. The third-order valence-corrected chi connectivity index (χ3v) is 3.78. The quantitative estimate of drug-likeness (QED) is 0.562. The number of pyridine rings is 1. The Labute approximate surface area is 120 Å². The second kappa shape index (κ2) is 4.09. The molecule has 0 unspecified atom stereocenters. The Morgan fingerprint density at radius 2 is 2.00 bits per heavy atom. The first-order valence-electron chi connectivity index (χ1n) is 6.76. The molecule has 5 heteroatoms. The standard InChI is InChI=1S/C16H14N4O/c1-9-5-11-6-12(8-17-15(11)18-9)10-3-4-14-13(7-10)16(21)20(2)19-14/h3-8,19H,1-2H3,(H,17,18). The van der Waals surface area contributed by atoms with Gasteiger partial charge in [-0.2, -0.15) is 0 Å². The number of aryl methyl sites for hydroxylation is 2. The number of hydrogen-bond acceptors (Lipinski definition) is 2. The zero-order chi connectivity index (χ0) is 14.6. The third kappa shape index (κ3) is 1.78. The fraction of sp³-hybridized carbons (Fsp3) is 0.125. The highest BCUT2D eigenvalue weighted by atomic mass is 16.1. The molecular formula is C16H14N4O. The summed E-state index contributed by atoms with van der Waals surface area (Å²) in [5, 5.41) is 4.79. The maximum absolute atomic E-state index is 12.0. The van der Waals surface area contributed by atoms with Gasteiger partial charge < -0.3 is 4.98 Å². The second-order valence-electron chi connectivity index (χ2n) is 5.35. The Balaban J connectivity index is 1.94. The highest BCUT2D eigenvalue weighted by Crippen LogP contribution is 2.25. The largest absolute Gasteiger partial charge is 0.344 e. The Hall–Kier alpha value is -2.82. The topological polar surface area (TPSA) is 66.5 Å². The molecule has 0 aliphatic rings. The molecule has 5 nitrogen and oxygen atoms in total. The van der Waals surface area contributed by atoms with Crippen molar-refractivity contribution < 1.29 is 0 Å². The van der Waals surface area contributed by atoms with Crippen molar-refractivity contribution in [3.8, 4) is 11.1 Å². The number of aromatic amines is 2.